The van der Waals surface area contributed by atoms with E-state index in [0.29, 0.717) is 28.9 Å². The predicted octanol–water partition coefficient (Wildman–Crippen LogP) is 4.11. The Balaban J connectivity index is 0.00000456. The van der Waals surface area contributed by atoms with Crippen molar-refractivity contribution >= 4 is 10.4 Å². The van der Waals surface area contributed by atoms with E-state index in [-0.39, 0.29) is 66.8 Å². The maximum atomic E-state index is 11.1. The molecule has 0 saturated heterocycles. The maximum Gasteiger partial charge on any atom is 1.00 e. The summed E-state index contributed by atoms with van der Waals surface area (Å²) in [5, 5.41) is 0. The summed E-state index contributed by atoms with van der Waals surface area (Å²) in [4.78, 5) is 0. The molecule has 0 spiro atoms. The fourth-order valence-corrected chi connectivity index (χ4v) is 7.22. The molecule has 4 nitrogen and oxygen atoms in total. The van der Waals surface area contributed by atoms with Gasteiger partial charge in [0.15, 0.2) is 0 Å². The first kappa shape index (κ1) is 24.8. The Morgan fingerprint density at radius 1 is 1.27 bits per heavy atom. The number of hydrogen-bond acceptors (Lipinski definition) is 4. The van der Waals surface area contributed by atoms with E-state index in [1.54, 1.807) is 0 Å². The van der Waals surface area contributed by atoms with Crippen LogP contribution in [-0.4, -0.2) is 19.1 Å². The number of allylic oxidation sites excluding steroid dienone is 4. The van der Waals surface area contributed by atoms with Gasteiger partial charge in [-0.1, -0.05) is 76.8 Å². The summed E-state index contributed by atoms with van der Waals surface area (Å²) in [6.45, 7) is 9.08. The van der Waals surface area contributed by atoms with Crippen LogP contribution in [0.1, 0.15) is 102 Å². The van der Waals surface area contributed by atoms with E-state index in [1.807, 2.05) is 6.08 Å². The average Bonchev–Trinajstić information content (AvgIpc) is 3.10. The van der Waals surface area contributed by atoms with Crippen LogP contribution in [0.2, 0.25) is 0 Å². The van der Waals surface area contributed by atoms with Crippen molar-refractivity contribution in [3.8, 4) is 0 Å². The van der Waals surface area contributed by atoms with E-state index in [4.69, 9.17) is 4.11 Å². The Labute approximate surface area is 229 Å². The summed E-state index contributed by atoms with van der Waals surface area (Å²) in [7, 11) is -4.84. The van der Waals surface area contributed by atoms with Gasteiger partial charge in [-0.05, 0) is 79.6 Å². The molecule has 0 aliphatic heterocycles. The van der Waals surface area contributed by atoms with E-state index in [1.165, 1.54) is 37.7 Å². The van der Waals surface area contributed by atoms with Crippen molar-refractivity contribution in [3.63, 3.8) is 0 Å². The molecule has 3 aliphatic rings. The maximum absolute atomic E-state index is 11.1. The van der Waals surface area contributed by atoms with Gasteiger partial charge < -0.3 is 4.55 Å². The molecule has 33 heavy (non-hydrogen) atoms. The summed E-state index contributed by atoms with van der Waals surface area (Å²) in [5.41, 5.74) is 2.44. The number of rotatable bonds is 8. The molecule has 0 bridgehead atoms. The summed E-state index contributed by atoms with van der Waals surface area (Å²) >= 11 is 0. The number of hydrogen-bond donors (Lipinski definition) is 0. The monoisotopic (exact) mass is 489 g/mol. The van der Waals surface area contributed by atoms with E-state index >= 15 is 0 Å². The van der Waals surface area contributed by atoms with Gasteiger partial charge in [-0.3, -0.25) is 4.18 Å². The minimum Gasteiger partial charge on any atom is -0.726 e. The molecule has 3 rings (SSSR count). The van der Waals surface area contributed by atoms with Crippen LogP contribution < -0.4 is 29.6 Å². The van der Waals surface area contributed by atoms with E-state index < -0.39 is 16.5 Å². The molecule has 0 aromatic heterocycles. The second-order valence-electron chi connectivity index (χ2n) is 11.1. The zero-order valence-corrected chi connectivity index (χ0v) is 24.1. The Bertz CT molecular complexity index is 972. The zero-order valence-electron chi connectivity index (χ0n) is 24.3. The first-order valence-corrected chi connectivity index (χ1v) is 13.9. The summed E-state index contributed by atoms with van der Waals surface area (Å²) in [6, 6.07) is 0.237. The van der Waals surface area contributed by atoms with E-state index in [0.717, 1.165) is 25.2 Å². The molecule has 0 N–H and O–H groups in total. The van der Waals surface area contributed by atoms with Crippen LogP contribution in [0.25, 0.3) is 0 Å². The van der Waals surface area contributed by atoms with Gasteiger partial charge in [-0.2, -0.15) is 0 Å². The van der Waals surface area contributed by atoms with Crippen molar-refractivity contribution in [2.45, 2.75) is 104 Å². The van der Waals surface area contributed by atoms with Gasteiger partial charge in [0.2, 0.25) is 10.4 Å². The fourth-order valence-electron chi connectivity index (χ4n) is 6.72. The van der Waals surface area contributed by atoms with Crippen molar-refractivity contribution in [2.24, 2.45) is 29.1 Å². The minimum absolute atomic E-state index is 0. The van der Waals surface area contributed by atoms with Crippen LogP contribution in [0.4, 0.5) is 0 Å². The van der Waals surface area contributed by atoms with Crippen molar-refractivity contribution in [1.82, 2.24) is 0 Å². The number of fused-ring (bicyclic) bond motifs is 1. The molecule has 3 saturated carbocycles. The van der Waals surface area contributed by atoms with Crippen molar-refractivity contribution < 1.29 is 50.8 Å². The molecule has 3 aliphatic carbocycles. The van der Waals surface area contributed by atoms with Gasteiger partial charge in [-0.25, -0.2) is 8.42 Å². The van der Waals surface area contributed by atoms with Crippen molar-refractivity contribution in [2.75, 3.05) is 0 Å². The Hall–Kier alpha value is 0.0900. The third-order valence-electron chi connectivity index (χ3n) is 8.36. The van der Waals surface area contributed by atoms with E-state index in [2.05, 4.69) is 31.9 Å². The molecule has 0 aromatic rings. The topological polar surface area (TPSA) is 66.4 Å². The first-order valence-electron chi connectivity index (χ1n) is 14.0. The zero-order chi connectivity index (χ0) is 26.0. The SMILES string of the molecule is [2H]C([2H])=C1CC[C@H](OS(=O)(=O)[O-])C/C1=C([2H])/C=C1\CCC[C@]2(C)[C@@H]([C@H](C)CCCC(C)C)CC[C@@H]12.[Na+]. The van der Waals surface area contributed by atoms with Crippen LogP contribution in [0.3, 0.4) is 0 Å². The largest absolute Gasteiger partial charge is 1.00 e. The molecule has 5 atom stereocenters. The summed E-state index contributed by atoms with van der Waals surface area (Å²) < 4.78 is 62.6. The molecule has 6 heteroatoms. The molecule has 0 heterocycles. The summed E-state index contributed by atoms with van der Waals surface area (Å²) in [5.74, 6) is 2.55. The Morgan fingerprint density at radius 2 is 2.03 bits per heavy atom. The second-order valence-corrected chi connectivity index (χ2v) is 12.1. The van der Waals surface area contributed by atoms with Crippen LogP contribution >= 0.6 is 0 Å². The Morgan fingerprint density at radius 3 is 2.70 bits per heavy atom. The van der Waals surface area contributed by atoms with Gasteiger partial charge in [0.05, 0.1) is 10.2 Å². The van der Waals surface area contributed by atoms with Gasteiger partial charge in [0.1, 0.15) is 0 Å². The fraction of sp³-hybridized carbons (Fsp3) is 0.778. The molecular formula is C27H43NaO4S. The smallest absolute Gasteiger partial charge is 0.726 e. The van der Waals surface area contributed by atoms with Gasteiger partial charge in [-0.15, -0.1) is 0 Å². The molecule has 0 amide bonds. The standard InChI is InChI=1S/C27H44O4S.Na/c1-19(2)8-6-9-21(4)25-15-16-26-22(10-7-17-27(25,26)5)12-13-23-18-24(14-11-20(23)3)31-32(28,29)30;/h12-13,19,21,24-26H,3,6-11,14-18H2,1-2,4-5H3,(H,28,29,30);/q;+1/p-1/b22-12+,23-13-;/t21-,24+,25-,26+,27-;/m1./s1/i3D2,13D;. The van der Waals surface area contributed by atoms with Crippen LogP contribution in [0, 0.1) is 29.1 Å². The average molecular weight is 490 g/mol. The van der Waals surface area contributed by atoms with E-state index in [9.17, 15) is 13.0 Å². The molecule has 0 radical (unpaired) electrons. The van der Waals surface area contributed by atoms with Crippen molar-refractivity contribution in [1.29, 1.82) is 0 Å². The molecule has 182 valence electrons. The molecule has 3 fully saturated rings. The second kappa shape index (κ2) is 12.4. The third kappa shape index (κ3) is 7.79. The summed E-state index contributed by atoms with van der Waals surface area (Å²) in [6.07, 6.45) is 11.1. The predicted molar refractivity (Wildman–Crippen MR) is 130 cm³/mol. The van der Waals surface area contributed by atoms with Gasteiger partial charge in [0.25, 0.3) is 0 Å². The third-order valence-corrected chi connectivity index (χ3v) is 8.87. The molecule has 0 aromatic carbocycles. The van der Waals surface area contributed by atoms with Gasteiger partial charge in [0, 0.05) is 6.42 Å². The Kier molecular flexibility index (Phi) is 9.28. The van der Waals surface area contributed by atoms with Crippen LogP contribution in [0.15, 0.2) is 35.4 Å². The minimum atomic E-state index is -4.84. The molecule has 0 unspecified atom stereocenters. The normalized spacial score (nSPS) is 35.3. The first-order chi connectivity index (χ1) is 16.3. The van der Waals surface area contributed by atoms with Crippen LogP contribution in [0.5, 0.6) is 0 Å². The van der Waals surface area contributed by atoms with Gasteiger partial charge >= 0.3 is 29.6 Å². The van der Waals surface area contributed by atoms with Crippen LogP contribution in [-0.2, 0) is 14.6 Å². The quantitative estimate of drug-likeness (QED) is 0.292. The molecular weight excluding hydrogens is 443 g/mol. The van der Waals surface area contributed by atoms with Crippen molar-refractivity contribution in [3.05, 3.63) is 35.4 Å².